The van der Waals surface area contributed by atoms with E-state index in [1.165, 1.54) is 76.8 Å². The topological polar surface area (TPSA) is 9.86 Å². The van der Waals surface area contributed by atoms with E-state index in [4.69, 9.17) is 0 Å². The third-order valence-electron chi connectivity index (χ3n) is 8.93. The lowest BCUT2D eigenvalue weighted by Crippen LogP contribution is -1.97. The minimum Gasteiger partial charge on any atom is -0.309 e. The zero-order valence-electron chi connectivity index (χ0n) is 23.8. The van der Waals surface area contributed by atoms with Crippen molar-refractivity contribution in [2.75, 3.05) is 0 Å². The zero-order valence-corrected chi connectivity index (χ0v) is 23.8. The monoisotopic (exact) mass is 548 g/mol. The molecule has 9 rings (SSSR count). The van der Waals surface area contributed by atoms with Crippen molar-refractivity contribution in [3.63, 3.8) is 0 Å². The Morgan fingerprint density at radius 2 is 0.860 bits per heavy atom. The van der Waals surface area contributed by atoms with Crippen LogP contribution < -0.4 is 0 Å². The molecule has 0 saturated carbocycles. The van der Waals surface area contributed by atoms with E-state index < -0.39 is 0 Å². The number of nitrogens with zero attached hydrogens (tertiary/aromatic N) is 2. The van der Waals surface area contributed by atoms with Crippen LogP contribution in [0.5, 0.6) is 0 Å². The molecule has 0 bridgehead atoms. The van der Waals surface area contributed by atoms with Crippen molar-refractivity contribution in [1.82, 2.24) is 9.13 Å². The van der Waals surface area contributed by atoms with Gasteiger partial charge >= 0.3 is 0 Å². The Balaban J connectivity index is 1.48. The molecule has 0 N–H and O–H groups in total. The lowest BCUT2D eigenvalue weighted by atomic mass is 9.99. The molecular weight excluding hydrogens is 520 g/mol. The summed E-state index contributed by atoms with van der Waals surface area (Å²) < 4.78 is 4.94. The summed E-state index contributed by atoms with van der Waals surface area (Å²) in [5.74, 6) is 0. The SMILES string of the molecule is Cc1cccc(-n2c3ccccc3c3c4c5ccccc5n(-c5ccc(-c6ccccc6)cc5)c4c4ccccc4c32)c1. The summed E-state index contributed by atoms with van der Waals surface area (Å²) in [6.45, 7) is 2.17. The van der Waals surface area contributed by atoms with Crippen LogP contribution in [0.2, 0.25) is 0 Å². The molecule has 0 aliphatic heterocycles. The first kappa shape index (κ1) is 24.0. The molecule has 0 aliphatic rings. The summed E-state index contributed by atoms with van der Waals surface area (Å²) in [6.07, 6.45) is 0. The predicted molar refractivity (Wildman–Crippen MR) is 183 cm³/mol. The molecule has 43 heavy (non-hydrogen) atoms. The van der Waals surface area contributed by atoms with Crippen molar-refractivity contribution in [2.24, 2.45) is 0 Å². The fourth-order valence-electron chi connectivity index (χ4n) is 7.13. The van der Waals surface area contributed by atoms with Gasteiger partial charge in [0.1, 0.15) is 0 Å². The highest BCUT2D eigenvalue weighted by atomic mass is 15.0. The molecule has 0 aliphatic carbocycles. The highest BCUT2D eigenvalue weighted by Gasteiger charge is 2.24. The molecule has 2 heterocycles. The molecule has 0 radical (unpaired) electrons. The standard InChI is InChI=1S/C41H28N2/c1-27-12-11-15-31(26-27)43-37-21-10-8-19-35(37)39-38-34-18-7-9-20-36(34)42(40(38)32-16-5-6-17-33(32)41(39)43)30-24-22-29(23-25-30)28-13-3-2-4-14-28/h2-26H,1H3. The molecule has 2 heteroatoms. The van der Waals surface area contributed by atoms with Crippen LogP contribution in [-0.4, -0.2) is 9.13 Å². The van der Waals surface area contributed by atoms with Crippen LogP contribution in [0, 0.1) is 6.92 Å². The quantitative estimate of drug-likeness (QED) is 0.208. The number of aromatic nitrogens is 2. The molecule has 9 aromatic rings. The van der Waals surface area contributed by atoms with Gasteiger partial charge in [-0.25, -0.2) is 0 Å². The molecule has 2 nitrogen and oxygen atoms in total. The maximum atomic E-state index is 2.47. The van der Waals surface area contributed by atoms with E-state index >= 15 is 0 Å². The molecule has 202 valence electrons. The number of rotatable bonds is 3. The van der Waals surface area contributed by atoms with E-state index in [0.717, 1.165) is 5.69 Å². The average molecular weight is 549 g/mol. The zero-order chi connectivity index (χ0) is 28.5. The van der Waals surface area contributed by atoms with Crippen molar-refractivity contribution >= 4 is 54.4 Å². The first-order valence-corrected chi connectivity index (χ1v) is 14.9. The molecule has 0 amide bonds. The van der Waals surface area contributed by atoms with E-state index in [-0.39, 0.29) is 0 Å². The first-order chi connectivity index (χ1) is 21.3. The smallest absolute Gasteiger partial charge is 0.0627 e. The highest BCUT2D eigenvalue weighted by Crippen LogP contribution is 2.46. The van der Waals surface area contributed by atoms with Gasteiger partial charge in [0.15, 0.2) is 0 Å². The van der Waals surface area contributed by atoms with Crippen LogP contribution >= 0.6 is 0 Å². The maximum Gasteiger partial charge on any atom is 0.0627 e. The van der Waals surface area contributed by atoms with Crippen molar-refractivity contribution in [3.05, 3.63) is 157 Å². The Labute approximate surface area is 249 Å². The Hall–Kier alpha value is -5.60. The molecule has 0 saturated heterocycles. The van der Waals surface area contributed by atoms with Gasteiger partial charge < -0.3 is 9.13 Å². The van der Waals surface area contributed by atoms with E-state index in [9.17, 15) is 0 Å². The minimum absolute atomic E-state index is 1.16. The number of hydrogen-bond donors (Lipinski definition) is 0. The fourth-order valence-corrected chi connectivity index (χ4v) is 7.13. The first-order valence-electron chi connectivity index (χ1n) is 14.9. The van der Waals surface area contributed by atoms with E-state index in [1.807, 2.05) is 0 Å². The van der Waals surface area contributed by atoms with Crippen LogP contribution in [0.25, 0.3) is 76.9 Å². The number of fused-ring (bicyclic) bond motifs is 10. The second-order valence-electron chi connectivity index (χ2n) is 11.4. The summed E-state index contributed by atoms with van der Waals surface area (Å²) in [5.41, 5.74) is 11.0. The minimum atomic E-state index is 1.16. The molecular formula is C41H28N2. The Morgan fingerprint density at radius 1 is 0.372 bits per heavy atom. The van der Waals surface area contributed by atoms with Gasteiger partial charge in [0, 0.05) is 43.7 Å². The van der Waals surface area contributed by atoms with Crippen LogP contribution in [0.1, 0.15) is 5.56 Å². The third-order valence-corrected chi connectivity index (χ3v) is 8.93. The van der Waals surface area contributed by atoms with Gasteiger partial charge in [-0.15, -0.1) is 0 Å². The molecule has 7 aromatic carbocycles. The predicted octanol–water partition coefficient (Wildman–Crippen LogP) is 11.0. The lowest BCUT2D eigenvalue weighted by Gasteiger charge is -2.14. The largest absolute Gasteiger partial charge is 0.309 e. The highest BCUT2D eigenvalue weighted by molar-refractivity contribution is 6.37. The fraction of sp³-hybridized carbons (Fsp3) is 0.0244. The lowest BCUT2D eigenvalue weighted by molar-refractivity contribution is 1.17. The van der Waals surface area contributed by atoms with Gasteiger partial charge in [-0.3, -0.25) is 0 Å². The second-order valence-corrected chi connectivity index (χ2v) is 11.4. The summed E-state index contributed by atoms with van der Waals surface area (Å²) in [4.78, 5) is 0. The van der Waals surface area contributed by atoms with Crippen LogP contribution in [-0.2, 0) is 0 Å². The van der Waals surface area contributed by atoms with Crippen LogP contribution in [0.3, 0.4) is 0 Å². The number of benzene rings is 7. The summed E-state index contributed by atoms with van der Waals surface area (Å²) >= 11 is 0. The molecule has 0 atom stereocenters. The van der Waals surface area contributed by atoms with Crippen LogP contribution in [0.4, 0.5) is 0 Å². The van der Waals surface area contributed by atoms with Gasteiger partial charge in [0.2, 0.25) is 0 Å². The molecule has 0 fully saturated rings. The van der Waals surface area contributed by atoms with E-state index in [1.54, 1.807) is 0 Å². The van der Waals surface area contributed by atoms with Gasteiger partial charge in [-0.1, -0.05) is 115 Å². The van der Waals surface area contributed by atoms with E-state index in [0.29, 0.717) is 0 Å². The number of aryl methyl sites for hydroxylation is 1. The molecule has 0 unspecified atom stereocenters. The number of para-hydroxylation sites is 2. The number of hydrogen-bond acceptors (Lipinski definition) is 0. The Bertz CT molecular complexity index is 2490. The summed E-state index contributed by atoms with van der Waals surface area (Å²) in [7, 11) is 0. The van der Waals surface area contributed by atoms with Crippen molar-refractivity contribution < 1.29 is 0 Å². The van der Waals surface area contributed by atoms with Gasteiger partial charge in [-0.05, 0) is 60.0 Å². The second kappa shape index (κ2) is 9.20. The van der Waals surface area contributed by atoms with Gasteiger partial charge in [0.25, 0.3) is 0 Å². The molecule has 0 spiro atoms. The average Bonchev–Trinajstić information content (AvgIpc) is 3.59. The van der Waals surface area contributed by atoms with Crippen molar-refractivity contribution in [3.8, 4) is 22.5 Å². The van der Waals surface area contributed by atoms with Gasteiger partial charge in [0.05, 0.1) is 22.1 Å². The summed E-state index contributed by atoms with van der Waals surface area (Å²) in [6, 6.07) is 55.2. The van der Waals surface area contributed by atoms with Crippen molar-refractivity contribution in [1.29, 1.82) is 0 Å². The normalized spacial score (nSPS) is 11.8. The van der Waals surface area contributed by atoms with Crippen LogP contribution in [0.15, 0.2) is 152 Å². The maximum absolute atomic E-state index is 2.47. The Morgan fingerprint density at radius 3 is 1.44 bits per heavy atom. The third kappa shape index (κ3) is 3.47. The van der Waals surface area contributed by atoms with Gasteiger partial charge in [-0.2, -0.15) is 0 Å². The molecule has 2 aromatic heterocycles. The van der Waals surface area contributed by atoms with Crippen molar-refractivity contribution in [2.45, 2.75) is 6.92 Å². The Kier molecular flexibility index (Phi) is 5.15. The summed E-state index contributed by atoms with van der Waals surface area (Å²) in [5, 5.41) is 7.67. The van der Waals surface area contributed by atoms with E-state index in [2.05, 4.69) is 168 Å².